The van der Waals surface area contributed by atoms with Gasteiger partial charge in [-0.1, -0.05) is 39.3 Å². The number of unbranched alkanes of at least 4 members (excludes halogenated alkanes) is 1. The van der Waals surface area contributed by atoms with Gasteiger partial charge < -0.3 is 20.6 Å². The number of quaternary nitrogens is 1. The predicted octanol–water partition coefficient (Wildman–Crippen LogP) is 1.38. The van der Waals surface area contributed by atoms with Crippen LogP contribution in [0.4, 0.5) is 0 Å². The molecule has 0 aliphatic rings. The molecule has 0 saturated heterocycles. The molecule has 0 saturated carbocycles. The zero-order valence-electron chi connectivity index (χ0n) is 16.7. The maximum absolute atomic E-state index is 11.9. The van der Waals surface area contributed by atoms with Gasteiger partial charge in [-0.2, -0.15) is 0 Å². The van der Waals surface area contributed by atoms with Crippen LogP contribution >= 0.6 is 0 Å². The zero-order valence-corrected chi connectivity index (χ0v) is 16.7. The molecule has 8 nitrogen and oxygen atoms in total. The number of carboxylic acid groups (broad SMARTS) is 2. The van der Waals surface area contributed by atoms with E-state index in [-0.39, 0.29) is 55.9 Å². The highest BCUT2D eigenvalue weighted by Gasteiger charge is 2.48. The first-order valence-electron chi connectivity index (χ1n) is 9.65. The van der Waals surface area contributed by atoms with Gasteiger partial charge in [-0.25, -0.2) is 9.59 Å². The lowest BCUT2D eigenvalue weighted by Crippen LogP contribution is -2.68. The van der Waals surface area contributed by atoms with Gasteiger partial charge in [0, 0.05) is 19.3 Å². The highest BCUT2D eigenvalue weighted by molar-refractivity contribution is 5.77. The van der Waals surface area contributed by atoms with Crippen molar-refractivity contribution in [3.63, 3.8) is 0 Å². The van der Waals surface area contributed by atoms with E-state index in [2.05, 4.69) is 5.32 Å². The van der Waals surface area contributed by atoms with Crippen LogP contribution in [-0.4, -0.2) is 76.0 Å². The number of amides is 1. The van der Waals surface area contributed by atoms with Crippen LogP contribution in [0.5, 0.6) is 0 Å². The molecule has 2 unspecified atom stereocenters. The number of allylic oxidation sites excluding steroid dienone is 1. The molecule has 0 aromatic heterocycles. The van der Waals surface area contributed by atoms with E-state index in [1.165, 1.54) is 0 Å². The number of carbonyl (C=O) groups is 3. The molecule has 0 aliphatic heterocycles. The Hall–Kier alpha value is -1.93. The van der Waals surface area contributed by atoms with Crippen molar-refractivity contribution in [2.45, 2.75) is 65.0 Å². The number of aliphatic hydroxyl groups excluding tert-OH is 1. The number of nitrogens with one attached hydrogen (secondary N) is 1. The SMILES string of the molecule is CCC/C=C/CC(=O)NCC[N+](CCO)(C(CC)C(=O)O)C(CC)C(=O)O. The number of aliphatic carboxylic acids is 2. The molecular formula is C19H35N2O6+. The molecule has 8 heteroatoms. The minimum absolute atomic E-state index is 0.00187. The normalized spacial score (nSPS) is 15.9. The molecule has 0 bridgehead atoms. The molecule has 2 atom stereocenters. The van der Waals surface area contributed by atoms with Gasteiger partial charge >= 0.3 is 11.9 Å². The van der Waals surface area contributed by atoms with Crippen LogP contribution < -0.4 is 5.32 Å². The van der Waals surface area contributed by atoms with E-state index >= 15 is 0 Å². The predicted molar refractivity (Wildman–Crippen MR) is 102 cm³/mol. The van der Waals surface area contributed by atoms with E-state index in [0.717, 1.165) is 12.8 Å². The average molecular weight is 387 g/mol. The van der Waals surface area contributed by atoms with Gasteiger partial charge in [0.1, 0.15) is 6.54 Å². The molecular weight excluding hydrogens is 352 g/mol. The third kappa shape index (κ3) is 7.68. The summed E-state index contributed by atoms with van der Waals surface area (Å²) in [4.78, 5) is 35.6. The Labute approximate surface area is 161 Å². The number of carboxylic acids is 2. The fourth-order valence-corrected chi connectivity index (χ4v) is 3.61. The second kappa shape index (κ2) is 13.3. The third-order valence-electron chi connectivity index (χ3n) is 4.88. The Morgan fingerprint density at radius 2 is 1.52 bits per heavy atom. The van der Waals surface area contributed by atoms with E-state index in [9.17, 15) is 29.7 Å². The Bertz CT molecular complexity index is 484. The Kier molecular flexibility index (Phi) is 12.3. The molecule has 0 aromatic carbocycles. The van der Waals surface area contributed by atoms with Crippen LogP contribution in [0.3, 0.4) is 0 Å². The fourth-order valence-electron chi connectivity index (χ4n) is 3.61. The molecule has 156 valence electrons. The van der Waals surface area contributed by atoms with Crippen LogP contribution in [-0.2, 0) is 14.4 Å². The first kappa shape index (κ1) is 25.1. The molecule has 1 amide bonds. The van der Waals surface area contributed by atoms with Crippen molar-refractivity contribution in [3.8, 4) is 0 Å². The zero-order chi connectivity index (χ0) is 20.9. The lowest BCUT2D eigenvalue weighted by Gasteiger charge is -2.46. The number of hydrogen-bond donors (Lipinski definition) is 4. The summed E-state index contributed by atoms with van der Waals surface area (Å²) >= 11 is 0. The average Bonchev–Trinajstić information content (AvgIpc) is 2.59. The Morgan fingerprint density at radius 3 is 1.93 bits per heavy atom. The van der Waals surface area contributed by atoms with E-state index in [1.54, 1.807) is 19.9 Å². The van der Waals surface area contributed by atoms with Crippen LogP contribution in [0.1, 0.15) is 52.9 Å². The maximum Gasteiger partial charge on any atom is 0.362 e. The second-order valence-electron chi connectivity index (χ2n) is 6.61. The minimum Gasteiger partial charge on any atom is -0.477 e. The molecule has 0 fully saturated rings. The number of aliphatic hydroxyl groups is 1. The lowest BCUT2D eigenvalue weighted by atomic mass is 10.0. The van der Waals surface area contributed by atoms with E-state index in [1.807, 2.05) is 13.0 Å². The highest BCUT2D eigenvalue weighted by Crippen LogP contribution is 2.24. The first-order chi connectivity index (χ1) is 12.8. The summed E-state index contributed by atoms with van der Waals surface area (Å²) in [6.45, 7) is 5.36. The number of nitrogens with zero attached hydrogens (tertiary/aromatic N) is 1. The summed E-state index contributed by atoms with van der Waals surface area (Å²) in [6.07, 6.45) is 6.30. The smallest absolute Gasteiger partial charge is 0.362 e. The van der Waals surface area contributed by atoms with Gasteiger partial charge in [0.25, 0.3) is 0 Å². The summed E-state index contributed by atoms with van der Waals surface area (Å²) in [7, 11) is 0. The van der Waals surface area contributed by atoms with Gasteiger partial charge in [-0.05, 0) is 6.42 Å². The fraction of sp³-hybridized carbons (Fsp3) is 0.737. The summed E-state index contributed by atoms with van der Waals surface area (Å²) in [6, 6.07) is -1.95. The van der Waals surface area contributed by atoms with Gasteiger partial charge in [0.15, 0.2) is 12.1 Å². The largest absolute Gasteiger partial charge is 0.477 e. The molecule has 0 rings (SSSR count). The third-order valence-corrected chi connectivity index (χ3v) is 4.88. The van der Waals surface area contributed by atoms with Crippen molar-refractivity contribution in [1.29, 1.82) is 0 Å². The summed E-state index contributed by atoms with van der Waals surface area (Å²) in [5.74, 6) is -2.39. The Morgan fingerprint density at radius 1 is 0.963 bits per heavy atom. The molecule has 4 N–H and O–H groups in total. The van der Waals surface area contributed by atoms with Gasteiger partial charge in [0.05, 0.1) is 19.7 Å². The quantitative estimate of drug-likeness (QED) is 0.249. The molecule has 0 radical (unpaired) electrons. The molecule has 0 heterocycles. The van der Waals surface area contributed by atoms with E-state index < -0.39 is 24.0 Å². The van der Waals surface area contributed by atoms with E-state index in [4.69, 9.17) is 0 Å². The monoisotopic (exact) mass is 387 g/mol. The maximum atomic E-state index is 11.9. The standard InChI is InChI=1S/C19H34N2O6/c1-4-7-8-9-10-17(23)20-11-12-21(13-14-22,15(5-2)18(24)25)16(6-3)19(26)27/h8-9,15-16,22H,4-7,10-14H2,1-3H3,(H2-,20,23,24,25,26,27)/p+1/b9-8+. The summed E-state index contributed by atoms with van der Waals surface area (Å²) in [5.41, 5.74) is 0. The highest BCUT2D eigenvalue weighted by atomic mass is 16.4. The molecule has 0 aliphatic carbocycles. The van der Waals surface area contributed by atoms with Gasteiger partial charge in [-0.15, -0.1) is 0 Å². The molecule has 0 aromatic rings. The molecule has 0 spiro atoms. The van der Waals surface area contributed by atoms with Crippen LogP contribution in [0.25, 0.3) is 0 Å². The molecule has 27 heavy (non-hydrogen) atoms. The summed E-state index contributed by atoms with van der Waals surface area (Å²) in [5, 5.41) is 31.6. The van der Waals surface area contributed by atoms with Crippen molar-refractivity contribution < 1.29 is 34.2 Å². The number of carbonyl (C=O) groups excluding carboxylic acids is 1. The summed E-state index contributed by atoms with van der Waals surface area (Å²) < 4.78 is -0.292. The lowest BCUT2D eigenvalue weighted by molar-refractivity contribution is -0.957. The second-order valence-corrected chi connectivity index (χ2v) is 6.61. The van der Waals surface area contributed by atoms with Gasteiger partial charge in [-0.3, -0.25) is 9.28 Å². The van der Waals surface area contributed by atoms with Crippen molar-refractivity contribution in [1.82, 2.24) is 5.32 Å². The topological polar surface area (TPSA) is 124 Å². The van der Waals surface area contributed by atoms with Crippen molar-refractivity contribution in [2.75, 3.05) is 26.2 Å². The van der Waals surface area contributed by atoms with Crippen molar-refractivity contribution in [3.05, 3.63) is 12.2 Å². The van der Waals surface area contributed by atoms with Crippen molar-refractivity contribution >= 4 is 17.8 Å². The first-order valence-corrected chi connectivity index (χ1v) is 9.65. The van der Waals surface area contributed by atoms with Crippen molar-refractivity contribution in [2.24, 2.45) is 0 Å². The van der Waals surface area contributed by atoms with E-state index in [0.29, 0.717) is 0 Å². The minimum atomic E-state index is -1.10. The Balaban J connectivity index is 5.37. The number of hydrogen-bond acceptors (Lipinski definition) is 4. The van der Waals surface area contributed by atoms with Gasteiger partial charge in [0.2, 0.25) is 5.91 Å². The van der Waals surface area contributed by atoms with Crippen LogP contribution in [0.2, 0.25) is 0 Å². The van der Waals surface area contributed by atoms with Crippen LogP contribution in [0, 0.1) is 0 Å². The number of rotatable bonds is 15. The van der Waals surface area contributed by atoms with Crippen LogP contribution in [0.15, 0.2) is 12.2 Å².